The maximum Gasteiger partial charge on any atom is 0.331 e. The maximum atomic E-state index is 14.5. The summed E-state index contributed by atoms with van der Waals surface area (Å²) in [7, 11) is 0. The van der Waals surface area contributed by atoms with Gasteiger partial charge in [-0.25, -0.2) is 4.79 Å². The van der Waals surface area contributed by atoms with Crippen LogP contribution in [0.3, 0.4) is 0 Å². The van der Waals surface area contributed by atoms with Gasteiger partial charge in [-0.3, -0.25) is 4.79 Å². The van der Waals surface area contributed by atoms with E-state index in [2.05, 4.69) is 112 Å². The van der Waals surface area contributed by atoms with Crippen LogP contribution in [0.4, 0.5) is 0 Å². The maximum absolute atomic E-state index is 14.5. The monoisotopic (exact) mass is 1020 g/mol. The van der Waals surface area contributed by atoms with Gasteiger partial charge in [0.2, 0.25) is 0 Å². The molecule has 13 rings (SSSR count). The van der Waals surface area contributed by atoms with Gasteiger partial charge >= 0.3 is 11.9 Å². The average molecular weight is 1030 g/mol. The summed E-state index contributed by atoms with van der Waals surface area (Å²) in [5, 5.41) is 45.0. The van der Waals surface area contributed by atoms with Crippen LogP contribution in [0, 0.1) is 45.3 Å². The molecule has 2 spiro atoms. The minimum absolute atomic E-state index is 0.118. The molecule has 4 aromatic carbocycles. The molecule has 0 radical (unpaired) electrons. The van der Waals surface area contributed by atoms with Crippen LogP contribution in [-0.4, -0.2) is 57.3 Å². The van der Waals surface area contributed by atoms with E-state index in [9.17, 15) is 24.9 Å². The number of aliphatic hydroxyl groups is 3. The molecule has 2 bridgehead atoms. The van der Waals surface area contributed by atoms with Crippen LogP contribution in [0.15, 0.2) is 115 Å². The molecule has 76 heavy (non-hydrogen) atoms. The van der Waals surface area contributed by atoms with Crippen LogP contribution in [0.2, 0.25) is 0 Å². The largest absolute Gasteiger partial charge is 0.462 e. The number of ether oxygens (including phenoxy) is 2. The Labute approximate surface area is 452 Å². The number of aryl methyl sites for hydroxylation is 1. The van der Waals surface area contributed by atoms with Crippen LogP contribution < -0.4 is 0 Å². The summed E-state index contributed by atoms with van der Waals surface area (Å²) in [5.41, 5.74) is 2.51. The number of aliphatic hydroxyl groups excluding tert-OH is 1. The van der Waals surface area contributed by atoms with Gasteiger partial charge in [-0.2, -0.15) is 0 Å². The second-order valence-corrected chi connectivity index (χ2v) is 27.3. The summed E-state index contributed by atoms with van der Waals surface area (Å²) in [4.78, 5) is 26.2. The van der Waals surface area contributed by atoms with Crippen molar-refractivity contribution in [3.63, 3.8) is 0 Å². The fourth-order valence-electron chi connectivity index (χ4n) is 20.9. The molecule has 402 valence electrons. The molecule has 5 fully saturated rings. The molecule has 1 aliphatic heterocycles. The first-order valence-electron chi connectivity index (χ1n) is 30.1. The lowest BCUT2D eigenvalue weighted by atomic mass is 9.31. The summed E-state index contributed by atoms with van der Waals surface area (Å²) in [6.45, 7) is 8.45. The molecular weight excluding hydrogens is 941 g/mol. The van der Waals surface area contributed by atoms with Gasteiger partial charge < -0.3 is 24.8 Å². The molecule has 5 saturated carbocycles. The Morgan fingerprint density at radius 3 is 2.36 bits per heavy atom. The Balaban J connectivity index is 0.919. The Kier molecular flexibility index (Phi) is 12.4. The molecule has 16 atom stereocenters. The molecule has 0 saturated heterocycles. The Bertz CT molecular complexity index is 2960. The fraction of sp³-hybridized carbons (Fsp3) is 0.594. The topological polar surface area (TPSA) is 113 Å². The minimum Gasteiger partial charge on any atom is -0.462 e. The van der Waals surface area contributed by atoms with Crippen LogP contribution in [-0.2, 0) is 30.9 Å². The highest BCUT2D eigenvalue weighted by atomic mass is 16.5. The van der Waals surface area contributed by atoms with Crippen molar-refractivity contribution >= 4 is 22.7 Å². The van der Waals surface area contributed by atoms with Crippen LogP contribution in [0.5, 0.6) is 0 Å². The van der Waals surface area contributed by atoms with E-state index >= 15 is 0 Å². The van der Waals surface area contributed by atoms with Crippen molar-refractivity contribution in [2.24, 2.45) is 45.3 Å². The van der Waals surface area contributed by atoms with E-state index in [-0.39, 0.29) is 47.6 Å². The van der Waals surface area contributed by atoms with E-state index in [1.165, 1.54) is 73.8 Å². The highest BCUT2D eigenvalue weighted by Crippen LogP contribution is 2.79. The van der Waals surface area contributed by atoms with Gasteiger partial charge in [-0.1, -0.05) is 143 Å². The highest BCUT2D eigenvalue weighted by Gasteiger charge is 2.82. The first-order chi connectivity index (χ1) is 36.6. The Morgan fingerprint density at radius 2 is 1.58 bits per heavy atom. The van der Waals surface area contributed by atoms with Crippen molar-refractivity contribution in [2.45, 2.75) is 203 Å². The number of cyclic esters (lactones) is 1. The van der Waals surface area contributed by atoms with Crippen molar-refractivity contribution < 1.29 is 34.4 Å². The molecule has 7 heteroatoms. The van der Waals surface area contributed by atoms with Gasteiger partial charge in [0.05, 0.1) is 22.7 Å². The van der Waals surface area contributed by atoms with Gasteiger partial charge in [0, 0.05) is 29.7 Å². The summed E-state index contributed by atoms with van der Waals surface area (Å²) >= 11 is 0. The lowest BCUT2D eigenvalue weighted by molar-refractivity contribution is -0.362. The summed E-state index contributed by atoms with van der Waals surface area (Å²) in [6, 6.07) is 34.5. The summed E-state index contributed by atoms with van der Waals surface area (Å²) < 4.78 is 12.1. The minimum atomic E-state index is -1.64. The van der Waals surface area contributed by atoms with E-state index in [1.54, 1.807) is 22.8 Å². The van der Waals surface area contributed by atoms with E-state index in [1.807, 2.05) is 12.2 Å². The van der Waals surface area contributed by atoms with E-state index < -0.39 is 45.6 Å². The quantitative estimate of drug-likeness (QED) is 0.0903. The standard InChI is InChI=1S/C69H84O7/c1-44(15-13-18-46-16-7-5-8-17-46)26-35-67(73)38-37-63(3)42-56(76-45(2)70)62-64(4,32-30-57(71)69(62,67)68(63,74)36-27-47-39-58(72)75-43-47)51-29-34-65-33-28-49-41-66(50-20-9-6-10-21-50)31-12-11-23-54(66)53-25-24-48-19-14-22-52(55(65)40-51)59(48)60(53)61(49)65/h5-10,14,16-17,19-22,24-25,37-39,44,49,51,54-57,61-62,71,73-74H,11-13,15,18,23,26-36,40-43H2,1-4H3. The molecule has 4 aromatic rings. The molecule has 0 aromatic heterocycles. The first-order valence-corrected chi connectivity index (χ1v) is 30.1. The number of rotatable bonds is 13. The van der Waals surface area contributed by atoms with E-state index in [0.717, 1.165) is 44.1 Å². The number of benzene rings is 4. The number of fused-ring (bicyclic) bond motifs is 4. The molecule has 16 unspecified atom stereocenters. The smallest absolute Gasteiger partial charge is 0.331 e. The third-order valence-electron chi connectivity index (χ3n) is 24.0. The summed E-state index contributed by atoms with van der Waals surface area (Å²) in [6.07, 6.45) is 21.9. The predicted molar refractivity (Wildman–Crippen MR) is 299 cm³/mol. The third kappa shape index (κ3) is 7.28. The lowest BCUT2D eigenvalue weighted by Gasteiger charge is -2.76. The molecule has 3 N–H and O–H groups in total. The lowest BCUT2D eigenvalue weighted by Crippen LogP contribution is -2.83. The SMILES string of the molecule is CC(=O)OC1CC2(C)C=CC(O)(CCC(C)CCCc3ccccc3)C3(C(O)CCC(C)(C4CCC56CCC7CC8(c9ccccc9)CCCCC8c8ccc9cccc(c9c8C75)C6C4)C13)C2(O)CCC1=CC(=O)OC1. The van der Waals surface area contributed by atoms with Crippen molar-refractivity contribution in [3.05, 3.63) is 143 Å². The zero-order valence-electron chi connectivity index (χ0n) is 45.9. The van der Waals surface area contributed by atoms with Crippen LogP contribution >= 0.6 is 0 Å². The second kappa shape index (κ2) is 18.5. The fourth-order valence-corrected chi connectivity index (χ4v) is 20.9. The van der Waals surface area contributed by atoms with Crippen molar-refractivity contribution in [2.75, 3.05) is 6.61 Å². The molecule has 0 amide bonds. The zero-order valence-corrected chi connectivity index (χ0v) is 45.9. The number of carbonyl (C=O) groups excluding carboxylic acids is 2. The Morgan fingerprint density at radius 1 is 0.789 bits per heavy atom. The van der Waals surface area contributed by atoms with Gasteiger partial charge in [0.25, 0.3) is 0 Å². The van der Waals surface area contributed by atoms with Crippen molar-refractivity contribution in [3.8, 4) is 0 Å². The molecule has 7 nitrogen and oxygen atoms in total. The number of hydrogen-bond donors (Lipinski definition) is 3. The van der Waals surface area contributed by atoms with Gasteiger partial charge in [-0.05, 0) is 200 Å². The molecule has 8 aliphatic carbocycles. The van der Waals surface area contributed by atoms with Gasteiger partial charge in [0.15, 0.2) is 0 Å². The van der Waals surface area contributed by atoms with E-state index in [0.29, 0.717) is 62.2 Å². The van der Waals surface area contributed by atoms with Crippen molar-refractivity contribution in [1.29, 1.82) is 0 Å². The summed E-state index contributed by atoms with van der Waals surface area (Å²) in [5.74, 6) is 1.07. The number of esters is 2. The molecule has 9 aliphatic rings. The number of hydrogen-bond acceptors (Lipinski definition) is 7. The van der Waals surface area contributed by atoms with E-state index in [4.69, 9.17) is 9.47 Å². The average Bonchev–Trinajstić information content (AvgIpc) is 2.89. The Hall–Kier alpha value is -4.56. The van der Waals surface area contributed by atoms with Crippen LogP contribution in [0.1, 0.15) is 195 Å². The zero-order chi connectivity index (χ0) is 52.5. The van der Waals surface area contributed by atoms with Gasteiger partial charge in [0.1, 0.15) is 12.7 Å². The highest BCUT2D eigenvalue weighted by molar-refractivity contribution is 5.93. The first kappa shape index (κ1) is 50.9. The molecule has 1 heterocycles. The van der Waals surface area contributed by atoms with Crippen LogP contribution in [0.25, 0.3) is 10.8 Å². The van der Waals surface area contributed by atoms with Crippen molar-refractivity contribution in [1.82, 2.24) is 0 Å². The third-order valence-corrected chi connectivity index (χ3v) is 24.0. The predicted octanol–water partition coefficient (Wildman–Crippen LogP) is 14.1. The normalized spacial score (nSPS) is 41.0. The number of carbonyl (C=O) groups is 2. The van der Waals surface area contributed by atoms with Gasteiger partial charge in [-0.15, -0.1) is 0 Å². The second-order valence-electron chi connectivity index (χ2n) is 27.3. The molecular formula is C69H84O7.